The Balaban J connectivity index is 1.75. The fraction of sp³-hybridized carbons (Fsp3) is 0.100. The Labute approximate surface area is 171 Å². The van der Waals surface area contributed by atoms with Crippen molar-refractivity contribution in [3.63, 3.8) is 0 Å². The first-order valence-corrected chi connectivity index (χ1v) is 9.55. The van der Waals surface area contributed by atoms with Gasteiger partial charge >= 0.3 is 6.18 Å². The van der Waals surface area contributed by atoms with Crippen LogP contribution in [0.4, 0.5) is 22.0 Å². The van der Waals surface area contributed by atoms with E-state index in [4.69, 9.17) is 4.42 Å². The summed E-state index contributed by atoms with van der Waals surface area (Å²) in [6.07, 6.45) is -3.12. The van der Waals surface area contributed by atoms with Crippen molar-refractivity contribution in [1.29, 1.82) is 0 Å². The summed E-state index contributed by atoms with van der Waals surface area (Å²) in [7, 11) is 0. The number of halogens is 5. The highest BCUT2D eigenvalue weighted by Gasteiger charge is 2.31. The Hall–Kier alpha value is -3.14. The SMILES string of the molecule is Fc1ccc(CSc2nnc(-c3ccco3)n2-c2cccc(C(F)(F)F)c2)c(F)c1. The molecule has 0 bridgehead atoms. The molecule has 0 radical (unpaired) electrons. The maximum absolute atomic E-state index is 14.0. The molecule has 2 aromatic carbocycles. The van der Waals surface area contributed by atoms with Crippen molar-refractivity contribution >= 4 is 11.8 Å². The van der Waals surface area contributed by atoms with Crippen LogP contribution in [0.2, 0.25) is 0 Å². The monoisotopic (exact) mass is 437 g/mol. The summed E-state index contributed by atoms with van der Waals surface area (Å²) < 4.78 is 73.4. The molecule has 0 saturated heterocycles. The van der Waals surface area contributed by atoms with E-state index in [1.807, 2.05) is 0 Å². The first-order valence-electron chi connectivity index (χ1n) is 8.56. The van der Waals surface area contributed by atoms with Crippen molar-refractivity contribution < 1.29 is 26.4 Å². The van der Waals surface area contributed by atoms with E-state index < -0.39 is 23.4 Å². The van der Waals surface area contributed by atoms with E-state index in [1.165, 1.54) is 29.0 Å². The van der Waals surface area contributed by atoms with Crippen LogP contribution in [0.25, 0.3) is 17.3 Å². The van der Waals surface area contributed by atoms with Gasteiger partial charge in [-0.05, 0) is 42.0 Å². The molecule has 0 saturated carbocycles. The molecule has 0 aliphatic carbocycles. The highest BCUT2D eigenvalue weighted by atomic mass is 32.2. The zero-order valence-corrected chi connectivity index (χ0v) is 15.8. The minimum atomic E-state index is -4.53. The Morgan fingerprint density at radius 2 is 1.80 bits per heavy atom. The van der Waals surface area contributed by atoms with E-state index in [9.17, 15) is 22.0 Å². The Morgan fingerprint density at radius 1 is 0.967 bits per heavy atom. The molecule has 0 fully saturated rings. The van der Waals surface area contributed by atoms with Crippen molar-refractivity contribution in [3.05, 3.63) is 83.6 Å². The Morgan fingerprint density at radius 3 is 2.50 bits per heavy atom. The molecule has 4 aromatic rings. The van der Waals surface area contributed by atoms with Gasteiger partial charge in [-0.1, -0.05) is 23.9 Å². The van der Waals surface area contributed by atoms with E-state index >= 15 is 0 Å². The molecule has 0 atom stereocenters. The summed E-state index contributed by atoms with van der Waals surface area (Å²) in [6.45, 7) is 0. The fourth-order valence-electron chi connectivity index (χ4n) is 2.76. The van der Waals surface area contributed by atoms with Gasteiger partial charge in [-0.15, -0.1) is 10.2 Å². The van der Waals surface area contributed by atoms with Gasteiger partial charge in [0.15, 0.2) is 10.9 Å². The number of nitrogens with zero attached hydrogens (tertiary/aromatic N) is 3. The zero-order valence-electron chi connectivity index (χ0n) is 15.0. The largest absolute Gasteiger partial charge is 0.461 e. The molecule has 2 aromatic heterocycles. The van der Waals surface area contributed by atoms with Gasteiger partial charge in [0.25, 0.3) is 0 Å². The van der Waals surface area contributed by atoms with Crippen LogP contribution < -0.4 is 0 Å². The van der Waals surface area contributed by atoms with Gasteiger partial charge in [0.05, 0.1) is 17.5 Å². The molecule has 30 heavy (non-hydrogen) atoms. The third kappa shape index (κ3) is 4.09. The fourth-order valence-corrected chi connectivity index (χ4v) is 3.70. The normalized spacial score (nSPS) is 11.8. The molecule has 0 N–H and O–H groups in total. The van der Waals surface area contributed by atoms with Gasteiger partial charge in [0, 0.05) is 11.8 Å². The van der Waals surface area contributed by atoms with E-state index in [2.05, 4.69) is 10.2 Å². The van der Waals surface area contributed by atoms with E-state index in [0.717, 1.165) is 36.0 Å². The number of rotatable bonds is 5. The predicted molar refractivity (Wildman–Crippen MR) is 100.0 cm³/mol. The minimum absolute atomic E-state index is 0.0708. The predicted octanol–water partition coefficient (Wildman–Crippen LogP) is 6.12. The van der Waals surface area contributed by atoms with Crippen molar-refractivity contribution in [2.24, 2.45) is 0 Å². The molecule has 0 aliphatic heterocycles. The number of benzene rings is 2. The van der Waals surface area contributed by atoms with Gasteiger partial charge in [0.2, 0.25) is 5.82 Å². The molecular weight excluding hydrogens is 425 g/mol. The van der Waals surface area contributed by atoms with E-state index in [-0.39, 0.29) is 28.0 Å². The number of furan rings is 1. The number of hydrogen-bond acceptors (Lipinski definition) is 4. The van der Waals surface area contributed by atoms with Crippen molar-refractivity contribution in [2.75, 3.05) is 0 Å². The molecule has 0 spiro atoms. The van der Waals surface area contributed by atoms with Gasteiger partial charge in [-0.3, -0.25) is 4.57 Å². The summed E-state index contributed by atoms with van der Waals surface area (Å²) in [5.41, 5.74) is -0.442. The lowest BCUT2D eigenvalue weighted by molar-refractivity contribution is -0.137. The lowest BCUT2D eigenvalue weighted by Crippen LogP contribution is -2.07. The maximum atomic E-state index is 14.0. The van der Waals surface area contributed by atoms with Crippen LogP contribution in [0.3, 0.4) is 0 Å². The molecule has 2 heterocycles. The first-order chi connectivity index (χ1) is 14.3. The Bertz CT molecular complexity index is 1170. The van der Waals surface area contributed by atoms with Crippen LogP contribution in [-0.2, 0) is 11.9 Å². The summed E-state index contributed by atoms with van der Waals surface area (Å²) in [4.78, 5) is 0. The van der Waals surface area contributed by atoms with Gasteiger partial charge in [-0.25, -0.2) is 8.78 Å². The third-order valence-electron chi connectivity index (χ3n) is 4.18. The standard InChI is InChI=1S/C20H12F5N3OS/c21-14-7-6-12(16(22)10-14)11-30-19-27-26-18(17-5-2-8-29-17)28(19)15-4-1-3-13(9-15)20(23,24)25/h1-10H,11H2. The van der Waals surface area contributed by atoms with Crippen molar-refractivity contribution in [2.45, 2.75) is 17.1 Å². The second-order valence-corrected chi connectivity index (χ2v) is 7.13. The van der Waals surface area contributed by atoms with Crippen LogP contribution in [0, 0.1) is 11.6 Å². The molecular formula is C20H12F5N3OS. The second-order valence-electron chi connectivity index (χ2n) is 6.19. The topological polar surface area (TPSA) is 43.9 Å². The van der Waals surface area contributed by atoms with Crippen LogP contribution in [-0.4, -0.2) is 14.8 Å². The van der Waals surface area contributed by atoms with Gasteiger partial charge < -0.3 is 4.42 Å². The summed E-state index contributed by atoms with van der Waals surface area (Å²) >= 11 is 1.05. The molecule has 4 rings (SSSR count). The van der Waals surface area contributed by atoms with Gasteiger partial charge in [0.1, 0.15) is 11.6 Å². The molecule has 0 unspecified atom stereocenters. The highest BCUT2D eigenvalue weighted by Crippen LogP contribution is 2.34. The molecule has 0 amide bonds. The maximum Gasteiger partial charge on any atom is 0.416 e. The van der Waals surface area contributed by atoms with Crippen LogP contribution in [0.5, 0.6) is 0 Å². The first kappa shape index (κ1) is 20.1. The Kier molecular flexibility index (Phi) is 5.33. The lowest BCUT2D eigenvalue weighted by Gasteiger charge is -2.12. The van der Waals surface area contributed by atoms with Crippen LogP contribution in [0.1, 0.15) is 11.1 Å². The van der Waals surface area contributed by atoms with Crippen molar-refractivity contribution in [3.8, 4) is 17.3 Å². The third-order valence-corrected chi connectivity index (χ3v) is 5.16. The highest BCUT2D eigenvalue weighted by molar-refractivity contribution is 7.98. The number of hydrogen-bond donors (Lipinski definition) is 0. The van der Waals surface area contributed by atoms with E-state index in [1.54, 1.807) is 12.1 Å². The molecule has 154 valence electrons. The summed E-state index contributed by atoms with van der Waals surface area (Å²) in [5.74, 6) is -0.852. The summed E-state index contributed by atoms with van der Waals surface area (Å²) in [5, 5.41) is 8.31. The smallest absolute Gasteiger partial charge is 0.416 e. The lowest BCUT2D eigenvalue weighted by atomic mass is 10.2. The van der Waals surface area contributed by atoms with Crippen LogP contribution in [0.15, 0.2) is 70.4 Å². The number of alkyl halides is 3. The quantitative estimate of drug-likeness (QED) is 0.279. The molecule has 0 aliphatic rings. The van der Waals surface area contributed by atoms with E-state index in [0.29, 0.717) is 5.76 Å². The number of aromatic nitrogens is 3. The summed E-state index contributed by atoms with van der Waals surface area (Å²) in [6, 6.07) is 11.1. The molecule has 4 nitrogen and oxygen atoms in total. The zero-order chi connectivity index (χ0) is 21.3. The number of thioether (sulfide) groups is 1. The second kappa shape index (κ2) is 7.94. The molecule has 10 heteroatoms. The van der Waals surface area contributed by atoms with Crippen LogP contribution >= 0.6 is 11.8 Å². The van der Waals surface area contributed by atoms with Gasteiger partial charge in [-0.2, -0.15) is 13.2 Å². The minimum Gasteiger partial charge on any atom is -0.461 e. The average molecular weight is 437 g/mol. The average Bonchev–Trinajstić information content (AvgIpc) is 3.36. The van der Waals surface area contributed by atoms with Crippen molar-refractivity contribution in [1.82, 2.24) is 14.8 Å².